The van der Waals surface area contributed by atoms with Gasteiger partial charge in [0.25, 0.3) is 5.95 Å². The second-order valence-corrected chi connectivity index (χ2v) is 15.3. The number of furan rings is 1. The number of aliphatic imine (C=N–C) groups is 3. The van der Waals surface area contributed by atoms with Crippen LogP contribution in [0.15, 0.2) is 68.2 Å². The van der Waals surface area contributed by atoms with E-state index in [4.69, 9.17) is 18.9 Å². The van der Waals surface area contributed by atoms with E-state index >= 15 is 0 Å². The number of imidazole rings is 1. The van der Waals surface area contributed by atoms with Crippen molar-refractivity contribution in [1.82, 2.24) is 9.55 Å². The molecule has 11 atom stereocenters. The number of nitrogens with zero attached hydrogens (tertiary/aromatic N) is 5. The van der Waals surface area contributed by atoms with Crippen LogP contribution in [0.2, 0.25) is 0 Å². The molecule has 14 heteroatoms. The molecule has 2 aliphatic carbocycles. The summed E-state index contributed by atoms with van der Waals surface area (Å²) in [6.07, 6.45) is 6.97. The number of ether oxygens (including phenoxy) is 2. The minimum atomic E-state index is -1.57. The van der Waals surface area contributed by atoms with E-state index in [0.29, 0.717) is 48.9 Å². The summed E-state index contributed by atoms with van der Waals surface area (Å²) in [7, 11) is 0. The van der Waals surface area contributed by atoms with Crippen LogP contribution in [0.5, 0.6) is 5.95 Å². The Balaban J connectivity index is 1.11. The van der Waals surface area contributed by atoms with Crippen LogP contribution < -0.4 is 10.4 Å². The number of hydrogen-bond donors (Lipinski definition) is 6. The molecule has 53 heavy (non-hydrogen) atoms. The minimum absolute atomic E-state index is 0.0186. The number of allylic oxidation sites excluding steroid dienone is 1. The molecular formula is C39H45N5O9. The Labute approximate surface area is 305 Å². The van der Waals surface area contributed by atoms with Crippen LogP contribution in [0.3, 0.4) is 0 Å². The van der Waals surface area contributed by atoms with Crippen LogP contribution in [0.1, 0.15) is 44.4 Å². The first-order valence-corrected chi connectivity index (χ1v) is 18.1. The lowest BCUT2D eigenvalue weighted by atomic mass is 9.45. The summed E-state index contributed by atoms with van der Waals surface area (Å²) in [4.78, 5) is 18.0. The zero-order valence-electron chi connectivity index (χ0n) is 29.5. The number of aromatic hydroxyl groups is 1. The van der Waals surface area contributed by atoms with Crippen LogP contribution in [0.4, 0.5) is 5.95 Å². The average molecular weight is 728 g/mol. The zero-order chi connectivity index (χ0) is 37.1. The van der Waals surface area contributed by atoms with E-state index < -0.39 is 48.8 Å². The number of aliphatic hydroxyl groups excluding tert-OH is 5. The SMILES string of the molecule is C[C@]12CC[C@@H](OC3OC(CO)C(O)C(O)C3O)[C@@](C)(CO)C1CC1=Nc3nccn3CC1C2C=Cc1cc(C=c2ccc(=C3N=CC=N3)cc2)oc1O. The molecule has 14 nitrogen and oxygen atoms in total. The van der Waals surface area contributed by atoms with Crippen LogP contribution in [0.25, 0.3) is 18.0 Å². The molecule has 0 bridgehead atoms. The standard InChI is InChI=1S/C39H45N5O9/c1-38-10-9-30(53-36-33(49)32(48)31(47)28(19-45)52-36)39(2,20-46)29(38)17-27-25(18-44-14-13-42-37(44)43-27)26(38)8-7-23-16-24(51-35(23)50)15-21-3-5-22(6-4-21)34-40-11-12-41-34/h3-8,11-16,25-26,28-33,36,45-50H,9-10,17-20H2,1-2H3/t25?,26?,28?,29?,30-,31?,32?,33?,36?,38-,39+/m1/s1. The van der Waals surface area contributed by atoms with E-state index in [-0.39, 0.29) is 35.7 Å². The fraction of sp³-hybridized carbons (Fsp3) is 0.487. The molecule has 0 spiro atoms. The molecule has 3 aliphatic heterocycles. The van der Waals surface area contributed by atoms with Crippen LogP contribution >= 0.6 is 0 Å². The number of benzene rings is 1. The fourth-order valence-electron chi connectivity index (χ4n) is 9.29. The Morgan fingerprint density at radius 2 is 1.81 bits per heavy atom. The molecule has 5 heterocycles. The Morgan fingerprint density at radius 1 is 1.04 bits per heavy atom. The Hall–Kier alpha value is -4.28. The number of rotatable bonds is 7. The molecule has 1 saturated heterocycles. The smallest absolute Gasteiger partial charge is 0.289 e. The predicted molar refractivity (Wildman–Crippen MR) is 195 cm³/mol. The number of aromatic nitrogens is 2. The van der Waals surface area contributed by atoms with Crippen molar-refractivity contribution in [1.29, 1.82) is 0 Å². The summed E-state index contributed by atoms with van der Waals surface area (Å²) in [5, 5.41) is 65.2. The van der Waals surface area contributed by atoms with Crippen molar-refractivity contribution in [2.75, 3.05) is 13.2 Å². The van der Waals surface area contributed by atoms with Crippen molar-refractivity contribution in [3.05, 3.63) is 70.6 Å². The summed E-state index contributed by atoms with van der Waals surface area (Å²) in [5.41, 5.74) is 0.288. The molecular weight excluding hydrogens is 682 g/mol. The molecule has 1 aromatic carbocycles. The van der Waals surface area contributed by atoms with Gasteiger partial charge in [-0.05, 0) is 53.9 Å². The predicted octanol–water partition coefficient (Wildman–Crippen LogP) is 1.27. The molecule has 2 aromatic heterocycles. The van der Waals surface area contributed by atoms with Crippen molar-refractivity contribution in [3.63, 3.8) is 0 Å². The van der Waals surface area contributed by atoms with Crippen LogP contribution in [0, 0.1) is 28.6 Å². The van der Waals surface area contributed by atoms with Crippen molar-refractivity contribution in [3.8, 4) is 5.95 Å². The van der Waals surface area contributed by atoms with E-state index in [1.807, 2.05) is 49.5 Å². The summed E-state index contributed by atoms with van der Waals surface area (Å²) < 4.78 is 19.9. The monoisotopic (exact) mass is 727 g/mol. The summed E-state index contributed by atoms with van der Waals surface area (Å²) in [6, 6.07) is 9.55. The molecule has 280 valence electrons. The minimum Gasteiger partial charge on any atom is -0.480 e. The van der Waals surface area contributed by atoms with Gasteiger partial charge < -0.3 is 49.1 Å². The molecule has 0 amide bonds. The van der Waals surface area contributed by atoms with Gasteiger partial charge >= 0.3 is 0 Å². The van der Waals surface area contributed by atoms with Gasteiger partial charge in [0.05, 0.1) is 24.9 Å². The normalized spacial score (nSPS) is 36.3. The van der Waals surface area contributed by atoms with Crippen molar-refractivity contribution in [2.24, 2.45) is 43.6 Å². The lowest BCUT2D eigenvalue weighted by Crippen LogP contribution is -2.64. The summed E-state index contributed by atoms with van der Waals surface area (Å²) >= 11 is 0. The van der Waals surface area contributed by atoms with Gasteiger partial charge in [-0.3, -0.25) is 0 Å². The van der Waals surface area contributed by atoms with E-state index in [9.17, 15) is 30.6 Å². The lowest BCUT2D eigenvalue weighted by Gasteiger charge is -2.62. The lowest BCUT2D eigenvalue weighted by molar-refractivity contribution is -0.329. The van der Waals surface area contributed by atoms with E-state index in [2.05, 4.69) is 32.5 Å². The highest BCUT2D eigenvalue weighted by Crippen LogP contribution is 2.62. The molecule has 5 aliphatic rings. The van der Waals surface area contributed by atoms with E-state index in [0.717, 1.165) is 16.1 Å². The van der Waals surface area contributed by atoms with Gasteiger partial charge in [0.1, 0.15) is 30.2 Å². The van der Waals surface area contributed by atoms with Crippen molar-refractivity contribution >= 4 is 42.1 Å². The zero-order valence-corrected chi connectivity index (χ0v) is 29.5. The Bertz CT molecular complexity index is 2070. The maximum absolute atomic E-state index is 11.2. The van der Waals surface area contributed by atoms with Gasteiger partial charge in [-0.15, -0.1) is 0 Å². The number of fused-ring (bicyclic) bond motifs is 3. The molecule has 8 rings (SSSR count). The first kappa shape index (κ1) is 35.7. The maximum Gasteiger partial charge on any atom is 0.289 e. The van der Waals surface area contributed by atoms with E-state index in [1.165, 1.54) is 0 Å². The highest BCUT2D eigenvalue weighted by Gasteiger charge is 2.61. The second kappa shape index (κ2) is 13.9. The molecule has 8 unspecified atom stereocenters. The van der Waals surface area contributed by atoms with Crippen molar-refractivity contribution in [2.45, 2.75) is 76.5 Å². The third-order valence-corrected chi connectivity index (χ3v) is 12.3. The Kier molecular flexibility index (Phi) is 9.34. The third kappa shape index (κ3) is 6.21. The first-order chi connectivity index (χ1) is 25.5. The molecule has 3 fully saturated rings. The van der Waals surface area contributed by atoms with Gasteiger partial charge in [-0.1, -0.05) is 50.3 Å². The van der Waals surface area contributed by atoms with Gasteiger partial charge in [0.15, 0.2) is 12.1 Å². The molecule has 6 N–H and O–H groups in total. The molecule has 0 radical (unpaired) electrons. The highest BCUT2D eigenvalue weighted by molar-refractivity contribution is 6.20. The van der Waals surface area contributed by atoms with Gasteiger partial charge in [0.2, 0.25) is 5.95 Å². The van der Waals surface area contributed by atoms with Crippen LogP contribution in [-0.2, 0) is 16.0 Å². The third-order valence-electron chi connectivity index (χ3n) is 12.3. The molecule has 3 aromatic rings. The van der Waals surface area contributed by atoms with Crippen LogP contribution in [-0.4, -0.2) is 108 Å². The maximum atomic E-state index is 11.2. The number of aliphatic hydroxyl groups is 5. The van der Waals surface area contributed by atoms with Gasteiger partial charge in [-0.25, -0.2) is 20.0 Å². The quantitative estimate of drug-likeness (QED) is 0.192. The Morgan fingerprint density at radius 3 is 2.55 bits per heavy atom. The first-order valence-electron chi connectivity index (χ1n) is 18.1. The molecule has 2 saturated carbocycles. The summed E-state index contributed by atoms with van der Waals surface area (Å²) in [6.45, 7) is 4.08. The van der Waals surface area contributed by atoms with Gasteiger partial charge in [-0.2, -0.15) is 0 Å². The second-order valence-electron chi connectivity index (χ2n) is 15.3. The highest BCUT2D eigenvalue weighted by atomic mass is 16.7. The van der Waals surface area contributed by atoms with E-state index in [1.54, 1.807) is 24.7 Å². The topological polar surface area (TPSA) is 208 Å². The van der Waals surface area contributed by atoms with Gasteiger partial charge in [0, 0.05) is 53.6 Å². The largest absolute Gasteiger partial charge is 0.480 e. The summed E-state index contributed by atoms with van der Waals surface area (Å²) in [5.74, 6) is 1.36. The van der Waals surface area contributed by atoms with Crippen molar-refractivity contribution < 1.29 is 44.5 Å². The number of hydrogen-bond acceptors (Lipinski definition) is 13. The fourth-order valence-corrected chi connectivity index (χ4v) is 9.29. The average Bonchev–Trinajstić information content (AvgIpc) is 3.93.